The average Bonchev–Trinajstić information content (AvgIpc) is 3.87. The minimum absolute atomic E-state index is 0.546. The van der Waals surface area contributed by atoms with Crippen molar-refractivity contribution in [1.82, 2.24) is 14.1 Å². The Kier molecular flexibility index (Phi) is 9.70. The highest BCUT2D eigenvalue weighted by Gasteiger charge is 2.21. The standard InChI is InChI=1S/C58H44N4O/c1-40(2)34-41-32-33-59-57(35-41)62-53-27-13-12-24-51(53)52-30-29-48(38-55(52)62)63-47-23-14-22-46(37-47)60-39-61(54-31-28-45(36-56(54)60)42-16-6-3-7-17-42)58-49(43-18-8-4-9-19-43)25-15-26-50(58)44-20-10-5-11-21-44/h3-33,35-38,40H,34H2,1-2H3. The molecule has 0 spiro atoms. The van der Waals surface area contributed by atoms with Crippen molar-refractivity contribution in [2.75, 3.05) is 0 Å². The van der Waals surface area contributed by atoms with Crippen molar-refractivity contribution in [3.63, 3.8) is 0 Å². The van der Waals surface area contributed by atoms with Crippen molar-refractivity contribution in [1.29, 1.82) is 0 Å². The van der Waals surface area contributed by atoms with Crippen LogP contribution in [-0.4, -0.2) is 14.1 Å². The fraction of sp³-hybridized carbons (Fsp3) is 0.0690. The number of rotatable bonds is 10. The Morgan fingerprint density at radius 2 is 1.17 bits per heavy atom. The van der Waals surface area contributed by atoms with E-state index >= 15 is 0 Å². The SMILES string of the molecule is CC(C)Cc1ccnc(-n2c3ccccc3c3ccc(Oc4cccc(-n5[c-][n+](-c6c(-c7ccccc7)cccc6-c6ccccc6)c6ccc(-c7ccccc7)cc65)c4)cc32)c1. The molecule has 0 atom stereocenters. The second-order valence-corrected chi connectivity index (χ2v) is 16.5. The van der Waals surface area contributed by atoms with Gasteiger partial charge in [0.15, 0.2) is 0 Å². The van der Waals surface area contributed by atoms with Crippen molar-refractivity contribution in [2.45, 2.75) is 20.3 Å². The third-order valence-corrected chi connectivity index (χ3v) is 11.8. The van der Waals surface area contributed by atoms with E-state index in [1.54, 1.807) is 0 Å². The summed E-state index contributed by atoms with van der Waals surface area (Å²) in [4.78, 5) is 4.88. The monoisotopic (exact) mass is 812 g/mol. The van der Waals surface area contributed by atoms with E-state index in [4.69, 9.17) is 9.72 Å². The van der Waals surface area contributed by atoms with E-state index < -0.39 is 0 Å². The number of hydrogen-bond donors (Lipinski definition) is 0. The van der Waals surface area contributed by atoms with Crippen LogP contribution in [-0.2, 0) is 6.42 Å². The molecule has 302 valence electrons. The second-order valence-electron chi connectivity index (χ2n) is 16.5. The molecule has 0 saturated heterocycles. The van der Waals surface area contributed by atoms with Gasteiger partial charge >= 0.3 is 0 Å². The molecular weight excluding hydrogens is 769 g/mol. The average molecular weight is 813 g/mol. The van der Waals surface area contributed by atoms with Gasteiger partial charge in [0.2, 0.25) is 0 Å². The molecule has 0 saturated carbocycles. The zero-order valence-electron chi connectivity index (χ0n) is 35.2. The summed E-state index contributed by atoms with van der Waals surface area (Å²) in [6, 6.07) is 72.7. The summed E-state index contributed by atoms with van der Waals surface area (Å²) in [6.45, 7) is 4.51. The van der Waals surface area contributed by atoms with Gasteiger partial charge in [-0.1, -0.05) is 159 Å². The highest BCUT2D eigenvalue weighted by atomic mass is 16.5. The van der Waals surface area contributed by atoms with Crippen LogP contribution in [0.4, 0.5) is 0 Å². The summed E-state index contributed by atoms with van der Waals surface area (Å²) >= 11 is 0. The summed E-state index contributed by atoms with van der Waals surface area (Å²) in [5.74, 6) is 2.92. The number of fused-ring (bicyclic) bond motifs is 4. The van der Waals surface area contributed by atoms with Crippen LogP contribution in [0.25, 0.3) is 83.4 Å². The summed E-state index contributed by atoms with van der Waals surface area (Å²) in [5.41, 5.74) is 14.3. The van der Waals surface area contributed by atoms with Crippen molar-refractivity contribution < 1.29 is 9.30 Å². The Morgan fingerprint density at radius 1 is 0.524 bits per heavy atom. The van der Waals surface area contributed by atoms with Crippen LogP contribution in [0.5, 0.6) is 11.5 Å². The number of ether oxygens (including phenoxy) is 1. The highest BCUT2D eigenvalue weighted by Crippen LogP contribution is 2.38. The molecule has 11 rings (SSSR count). The van der Waals surface area contributed by atoms with Gasteiger partial charge in [0.05, 0.1) is 33.4 Å². The molecule has 0 fully saturated rings. The van der Waals surface area contributed by atoms with E-state index in [2.05, 4.69) is 234 Å². The molecule has 8 aromatic carbocycles. The Balaban J connectivity index is 1.06. The lowest BCUT2D eigenvalue weighted by atomic mass is 9.95. The lowest BCUT2D eigenvalue weighted by molar-refractivity contribution is -0.571. The lowest BCUT2D eigenvalue weighted by Crippen LogP contribution is -2.31. The van der Waals surface area contributed by atoms with Gasteiger partial charge in [0.25, 0.3) is 6.33 Å². The molecule has 11 aromatic rings. The molecule has 0 aliphatic carbocycles. The Labute approximate surface area is 367 Å². The predicted octanol–water partition coefficient (Wildman–Crippen LogP) is 14.2. The number of aromatic nitrogens is 4. The maximum absolute atomic E-state index is 6.79. The number of nitrogens with zero attached hydrogens (tertiary/aromatic N) is 4. The summed E-state index contributed by atoms with van der Waals surface area (Å²) in [7, 11) is 0. The van der Waals surface area contributed by atoms with Gasteiger partial charge in [-0.25, -0.2) is 4.98 Å². The largest absolute Gasteiger partial charge is 0.458 e. The lowest BCUT2D eigenvalue weighted by Gasteiger charge is -2.17. The van der Waals surface area contributed by atoms with Gasteiger partial charge in [-0.15, -0.1) is 0 Å². The van der Waals surface area contributed by atoms with Crippen molar-refractivity contribution in [2.24, 2.45) is 5.92 Å². The van der Waals surface area contributed by atoms with Crippen LogP contribution in [0.1, 0.15) is 19.4 Å². The van der Waals surface area contributed by atoms with E-state index in [1.807, 2.05) is 12.3 Å². The smallest absolute Gasteiger partial charge is 0.269 e. The van der Waals surface area contributed by atoms with E-state index in [-0.39, 0.29) is 0 Å². The topological polar surface area (TPSA) is 35.9 Å². The van der Waals surface area contributed by atoms with Gasteiger partial charge in [-0.3, -0.25) is 13.7 Å². The van der Waals surface area contributed by atoms with Gasteiger partial charge in [-0.2, -0.15) is 0 Å². The molecule has 0 bridgehead atoms. The molecule has 0 aliphatic rings. The number of para-hydroxylation sites is 2. The van der Waals surface area contributed by atoms with Gasteiger partial charge in [0, 0.05) is 23.0 Å². The molecule has 5 heteroatoms. The van der Waals surface area contributed by atoms with Gasteiger partial charge in [-0.05, 0) is 106 Å². The fourth-order valence-electron chi connectivity index (χ4n) is 9.03. The van der Waals surface area contributed by atoms with Crippen LogP contribution < -0.4 is 9.30 Å². The van der Waals surface area contributed by atoms with Gasteiger partial charge < -0.3 is 4.74 Å². The maximum Gasteiger partial charge on any atom is 0.269 e. The highest BCUT2D eigenvalue weighted by molar-refractivity contribution is 6.09. The number of hydrogen-bond acceptors (Lipinski definition) is 2. The summed E-state index contributed by atoms with van der Waals surface area (Å²) < 4.78 is 13.5. The maximum atomic E-state index is 6.79. The minimum Gasteiger partial charge on any atom is -0.458 e. The zero-order chi connectivity index (χ0) is 42.3. The molecule has 63 heavy (non-hydrogen) atoms. The molecule has 0 radical (unpaired) electrons. The molecular formula is C58H44N4O. The molecule has 3 heterocycles. The van der Waals surface area contributed by atoms with Crippen LogP contribution in [0.3, 0.4) is 0 Å². The summed E-state index contributed by atoms with van der Waals surface area (Å²) in [5, 5.41) is 2.33. The van der Waals surface area contributed by atoms with E-state index in [1.165, 1.54) is 10.9 Å². The number of imidazole rings is 1. The quantitative estimate of drug-likeness (QED) is 0.102. The van der Waals surface area contributed by atoms with Crippen molar-refractivity contribution >= 4 is 32.8 Å². The van der Waals surface area contributed by atoms with Crippen LogP contribution in [0.15, 0.2) is 212 Å². The van der Waals surface area contributed by atoms with Crippen molar-refractivity contribution in [3.05, 3.63) is 224 Å². The molecule has 0 unspecified atom stereocenters. The Hall–Kier alpha value is -8.02. The first-order chi connectivity index (χ1) is 31.1. The first-order valence-electron chi connectivity index (χ1n) is 21.6. The van der Waals surface area contributed by atoms with E-state index in [0.29, 0.717) is 5.92 Å². The van der Waals surface area contributed by atoms with Crippen LogP contribution >= 0.6 is 0 Å². The first-order valence-corrected chi connectivity index (χ1v) is 21.6. The molecule has 0 aliphatic heterocycles. The number of pyridine rings is 1. The van der Waals surface area contributed by atoms with E-state index in [9.17, 15) is 0 Å². The zero-order valence-corrected chi connectivity index (χ0v) is 35.2. The Bertz CT molecular complexity index is 3360. The first kappa shape index (κ1) is 37.9. The third kappa shape index (κ3) is 7.13. The Morgan fingerprint density at radius 3 is 1.90 bits per heavy atom. The molecule has 0 amide bonds. The van der Waals surface area contributed by atoms with Gasteiger partial charge in [0.1, 0.15) is 17.3 Å². The molecule has 0 N–H and O–H groups in total. The van der Waals surface area contributed by atoms with Crippen LogP contribution in [0, 0.1) is 12.2 Å². The summed E-state index contributed by atoms with van der Waals surface area (Å²) in [6.07, 6.45) is 6.78. The third-order valence-electron chi connectivity index (χ3n) is 11.8. The molecule has 5 nitrogen and oxygen atoms in total. The second kappa shape index (κ2) is 16.1. The normalized spacial score (nSPS) is 11.5. The number of benzene rings is 8. The predicted molar refractivity (Wildman–Crippen MR) is 257 cm³/mol. The van der Waals surface area contributed by atoms with Crippen molar-refractivity contribution in [3.8, 4) is 62.1 Å². The van der Waals surface area contributed by atoms with Crippen LogP contribution in [0.2, 0.25) is 0 Å². The van der Waals surface area contributed by atoms with E-state index in [0.717, 1.165) is 95.9 Å². The molecule has 3 aromatic heterocycles. The fourth-order valence-corrected chi connectivity index (χ4v) is 9.03. The minimum atomic E-state index is 0.546.